The maximum atomic E-state index is 14.2. The highest BCUT2D eigenvalue weighted by Crippen LogP contribution is 2.36. The van der Waals surface area contributed by atoms with Crippen molar-refractivity contribution in [2.75, 3.05) is 12.0 Å². The lowest BCUT2D eigenvalue weighted by Crippen LogP contribution is -2.38. The first kappa shape index (κ1) is 17.9. The Kier molecular flexibility index (Phi) is 5.79. The van der Waals surface area contributed by atoms with Crippen molar-refractivity contribution < 1.29 is 17.6 Å². The number of carbonyl (C=O) groups excluding carboxylic acids is 1. The highest BCUT2D eigenvalue weighted by molar-refractivity contribution is 7.90. The third-order valence-corrected chi connectivity index (χ3v) is 5.52. The monoisotopic (exact) mass is 341 g/mol. The van der Waals surface area contributed by atoms with Gasteiger partial charge in [-0.2, -0.15) is 0 Å². The van der Waals surface area contributed by atoms with Crippen molar-refractivity contribution in [3.63, 3.8) is 0 Å². The molecule has 23 heavy (non-hydrogen) atoms. The Labute approximate surface area is 137 Å². The molecule has 0 saturated heterocycles. The normalized spacial score (nSPS) is 18.6. The van der Waals surface area contributed by atoms with Gasteiger partial charge in [-0.15, -0.1) is 0 Å². The van der Waals surface area contributed by atoms with Crippen LogP contribution in [0.1, 0.15) is 44.2 Å². The van der Waals surface area contributed by atoms with Crippen molar-refractivity contribution in [3.05, 3.63) is 35.6 Å². The maximum Gasteiger partial charge on any atom is 0.224 e. The van der Waals surface area contributed by atoms with E-state index in [1.807, 2.05) is 0 Å². The molecule has 4 nitrogen and oxygen atoms in total. The van der Waals surface area contributed by atoms with Gasteiger partial charge in [0, 0.05) is 17.7 Å². The van der Waals surface area contributed by atoms with E-state index in [1.54, 1.807) is 25.1 Å². The molecular weight excluding hydrogens is 317 g/mol. The Hall–Kier alpha value is -1.43. The van der Waals surface area contributed by atoms with E-state index in [2.05, 4.69) is 5.32 Å². The third kappa shape index (κ3) is 5.03. The average Bonchev–Trinajstić information content (AvgIpc) is 2.97. The molecule has 1 N–H and O–H groups in total. The number of hydrogen-bond acceptors (Lipinski definition) is 3. The van der Waals surface area contributed by atoms with Crippen LogP contribution in [0.3, 0.4) is 0 Å². The van der Waals surface area contributed by atoms with E-state index in [4.69, 9.17) is 0 Å². The summed E-state index contributed by atoms with van der Waals surface area (Å²) in [5.41, 5.74) is 0.485. The largest absolute Gasteiger partial charge is 0.349 e. The molecule has 1 aliphatic rings. The zero-order valence-corrected chi connectivity index (χ0v) is 14.4. The topological polar surface area (TPSA) is 63.2 Å². The van der Waals surface area contributed by atoms with Crippen LogP contribution in [0.25, 0.3) is 0 Å². The number of benzene rings is 1. The molecule has 2 atom stereocenters. The quantitative estimate of drug-likeness (QED) is 0.865. The number of halogens is 1. The van der Waals surface area contributed by atoms with Gasteiger partial charge in [0.1, 0.15) is 15.7 Å². The summed E-state index contributed by atoms with van der Waals surface area (Å²) in [7, 11) is -3.23. The van der Waals surface area contributed by atoms with Crippen LogP contribution in [0.15, 0.2) is 24.3 Å². The van der Waals surface area contributed by atoms with Crippen molar-refractivity contribution in [2.24, 2.45) is 11.8 Å². The molecule has 0 radical (unpaired) electrons. The fourth-order valence-corrected chi connectivity index (χ4v) is 4.35. The van der Waals surface area contributed by atoms with Crippen molar-refractivity contribution in [1.29, 1.82) is 0 Å². The second-order valence-corrected chi connectivity index (χ2v) is 8.73. The molecular formula is C17H24FNO3S. The van der Waals surface area contributed by atoms with Crippen LogP contribution in [0.2, 0.25) is 0 Å². The van der Waals surface area contributed by atoms with Gasteiger partial charge in [-0.1, -0.05) is 38.0 Å². The summed E-state index contributed by atoms with van der Waals surface area (Å²) < 4.78 is 36.9. The molecule has 0 heterocycles. The zero-order valence-electron chi connectivity index (χ0n) is 13.6. The van der Waals surface area contributed by atoms with E-state index >= 15 is 0 Å². The van der Waals surface area contributed by atoms with Crippen LogP contribution in [-0.4, -0.2) is 26.3 Å². The molecule has 6 heteroatoms. The fraction of sp³-hybridized carbons (Fsp3) is 0.588. The second kappa shape index (κ2) is 7.43. The minimum absolute atomic E-state index is 0.196. The standard InChI is InChI=1S/C17H24FNO3S/c1-12(11-23(2,21)22)17(20)19-16(13-7-3-4-8-13)14-9-5-6-10-15(14)18/h5-6,9-10,12-13,16H,3-4,7-8,11H2,1-2H3,(H,19,20)/t12-,16+/m0/s1. The minimum atomic E-state index is -3.23. The number of amides is 1. The van der Waals surface area contributed by atoms with Crippen LogP contribution >= 0.6 is 0 Å². The molecule has 1 amide bonds. The molecule has 2 rings (SSSR count). The van der Waals surface area contributed by atoms with Crippen molar-refractivity contribution in [2.45, 2.75) is 38.6 Å². The Morgan fingerprint density at radius 1 is 1.30 bits per heavy atom. The van der Waals surface area contributed by atoms with Gasteiger partial charge >= 0.3 is 0 Å². The Balaban J connectivity index is 2.18. The smallest absolute Gasteiger partial charge is 0.224 e. The second-order valence-electron chi connectivity index (χ2n) is 6.55. The van der Waals surface area contributed by atoms with E-state index in [0.29, 0.717) is 5.56 Å². The van der Waals surface area contributed by atoms with Crippen LogP contribution in [0.4, 0.5) is 4.39 Å². The molecule has 0 aromatic heterocycles. The summed E-state index contributed by atoms with van der Waals surface area (Å²) in [5.74, 6) is -1.33. The molecule has 1 aliphatic carbocycles. The van der Waals surface area contributed by atoms with Crippen LogP contribution in [-0.2, 0) is 14.6 Å². The summed E-state index contributed by atoms with van der Waals surface area (Å²) in [6, 6.07) is 6.07. The molecule has 0 unspecified atom stereocenters. The highest BCUT2D eigenvalue weighted by Gasteiger charge is 2.31. The molecule has 128 valence electrons. The molecule has 0 spiro atoms. The van der Waals surface area contributed by atoms with Crippen LogP contribution < -0.4 is 5.32 Å². The van der Waals surface area contributed by atoms with Crippen molar-refractivity contribution >= 4 is 15.7 Å². The first-order valence-corrected chi connectivity index (χ1v) is 10.1. The Bertz CT molecular complexity index is 654. The van der Waals surface area contributed by atoms with Crippen molar-refractivity contribution in [1.82, 2.24) is 5.32 Å². The summed E-state index contributed by atoms with van der Waals surface area (Å²) in [6.45, 7) is 1.59. The van der Waals surface area contributed by atoms with E-state index in [0.717, 1.165) is 31.9 Å². The van der Waals surface area contributed by atoms with Gasteiger partial charge in [0.25, 0.3) is 0 Å². The van der Waals surface area contributed by atoms with Gasteiger partial charge in [-0.25, -0.2) is 12.8 Å². The molecule has 1 saturated carbocycles. The van der Waals surface area contributed by atoms with E-state index in [9.17, 15) is 17.6 Å². The Morgan fingerprint density at radius 3 is 2.48 bits per heavy atom. The highest BCUT2D eigenvalue weighted by atomic mass is 32.2. The van der Waals surface area contributed by atoms with Gasteiger partial charge in [0.2, 0.25) is 5.91 Å². The lowest BCUT2D eigenvalue weighted by atomic mass is 9.90. The number of nitrogens with one attached hydrogen (secondary N) is 1. The molecule has 1 aromatic rings. The summed E-state index contributed by atoms with van der Waals surface area (Å²) in [6.07, 6.45) is 5.15. The maximum absolute atomic E-state index is 14.2. The fourth-order valence-electron chi connectivity index (χ4n) is 3.29. The first-order valence-electron chi connectivity index (χ1n) is 8.00. The van der Waals surface area contributed by atoms with Gasteiger partial charge in [-0.3, -0.25) is 4.79 Å². The lowest BCUT2D eigenvalue weighted by Gasteiger charge is -2.27. The lowest BCUT2D eigenvalue weighted by molar-refractivity contribution is -0.125. The van der Waals surface area contributed by atoms with E-state index in [1.165, 1.54) is 6.07 Å². The van der Waals surface area contributed by atoms with Gasteiger partial charge in [0.05, 0.1) is 11.8 Å². The minimum Gasteiger partial charge on any atom is -0.349 e. The summed E-state index contributed by atoms with van der Waals surface area (Å²) >= 11 is 0. The van der Waals surface area contributed by atoms with Gasteiger partial charge in [-0.05, 0) is 24.8 Å². The van der Waals surface area contributed by atoms with E-state index < -0.39 is 21.8 Å². The number of carbonyl (C=O) groups is 1. The molecule has 1 aromatic carbocycles. The van der Waals surface area contributed by atoms with Crippen LogP contribution in [0.5, 0.6) is 0 Å². The predicted octanol–water partition coefficient (Wildman–Crippen LogP) is 2.85. The number of hydrogen-bond donors (Lipinski definition) is 1. The SMILES string of the molecule is C[C@@H](CS(C)(=O)=O)C(=O)N[C@@H](c1ccccc1F)C1CCCC1. The molecule has 0 bridgehead atoms. The summed E-state index contributed by atoms with van der Waals surface area (Å²) in [5, 5.41) is 2.90. The van der Waals surface area contributed by atoms with Gasteiger partial charge in [0.15, 0.2) is 0 Å². The van der Waals surface area contributed by atoms with E-state index in [-0.39, 0.29) is 23.4 Å². The third-order valence-electron chi connectivity index (χ3n) is 4.41. The van der Waals surface area contributed by atoms with Crippen molar-refractivity contribution in [3.8, 4) is 0 Å². The Morgan fingerprint density at radius 2 is 1.91 bits per heavy atom. The first-order chi connectivity index (χ1) is 10.8. The number of sulfone groups is 1. The molecule has 1 fully saturated rings. The van der Waals surface area contributed by atoms with Crippen LogP contribution in [0, 0.1) is 17.7 Å². The average molecular weight is 341 g/mol. The predicted molar refractivity (Wildman–Crippen MR) is 88.1 cm³/mol. The number of rotatable bonds is 6. The molecule has 0 aliphatic heterocycles. The zero-order chi connectivity index (χ0) is 17.0. The van der Waals surface area contributed by atoms with Gasteiger partial charge < -0.3 is 5.32 Å². The summed E-state index contributed by atoms with van der Waals surface area (Å²) in [4.78, 5) is 12.4.